The molecule has 27 heavy (non-hydrogen) atoms. The zero-order valence-corrected chi connectivity index (χ0v) is 17.0. The molecule has 2 aliphatic rings. The topological polar surface area (TPSA) is 105 Å². The zero-order chi connectivity index (χ0) is 19.8. The van der Waals surface area contributed by atoms with Crippen LogP contribution in [0.5, 0.6) is 0 Å². The lowest BCUT2D eigenvalue weighted by Gasteiger charge is -2.33. The molecule has 0 radical (unpaired) electrons. The Labute approximate surface area is 163 Å². The van der Waals surface area contributed by atoms with Gasteiger partial charge in [0.15, 0.2) is 0 Å². The number of nitrogens with one attached hydrogen (secondary N) is 1. The fourth-order valence-corrected chi connectivity index (χ4v) is 5.57. The Bertz CT molecular complexity index is 847. The minimum absolute atomic E-state index is 0.00988. The normalized spacial score (nSPS) is 21.1. The molecule has 0 saturated carbocycles. The van der Waals surface area contributed by atoms with Gasteiger partial charge in [-0.05, 0) is 32.6 Å². The van der Waals surface area contributed by atoms with E-state index in [0.717, 1.165) is 25.9 Å². The number of hydrogen-bond donors (Lipinski definition) is 1. The Morgan fingerprint density at radius 1 is 1.26 bits per heavy atom. The number of carbonyl (C=O) groups is 2. The predicted octanol–water partition coefficient (Wildman–Crippen LogP) is 0.274. The van der Waals surface area contributed by atoms with Crippen molar-refractivity contribution in [3.05, 3.63) is 10.8 Å². The van der Waals surface area contributed by atoms with E-state index in [9.17, 15) is 18.0 Å². The second-order valence-electron chi connectivity index (χ2n) is 6.99. The summed E-state index contributed by atoms with van der Waals surface area (Å²) in [4.78, 5) is 28.1. The molecular weight excluding hydrogens is 394 g/mol. The molecule has 2 aliphatic heterocycles. The van der Waals surface area contributed by atoms with Gasteiger partial charge in [0.05, 0.1) is 12.2 Å². The monoisotopic (exact) mass is 417 g/mol. The summed E-state index contributed by atoms with van der Waals surface area (Å²) in [5.41, 5.74) is 0.263. The van der Waals surface area contributed by atoms with Gasteiger partial charge >= 0.3 is 0 Å². The highest BCUT2D eigenvalue weighted by Gasteiger charge is 2.36. The van der Waals surface area contributed by atoms with Gasteiger partial charge in [0, 0.05) is 26.7 Å². The fraction of sp³-hybridized carbons (Fsp3) is 0.688. The van der Waals surface area contributed by atoms with E-state index < -0.39 is 16.1 Å². The highest BCUT2D eigenvalue weighted by Crippen LogP contribution is 2.25. The number of piperidine rings is 1. The van der Waals surface area contributed by atoms with Crippen molar-refractivity contribution in [3.8, 4) is 0 Å². The van der Waals surface area contributed by atoms with Gasteiger partial charge in [-0.25, -0.2) is 8.42 Å². The van der Waals surface area contributed by atoms with Crippen LogP contribution in [-0.2, 0) is 26.7 Å². The van der Waals surface area contributed by atoms with Crippen molar-refractivity contribution in [1.29, 1.82) is 0 Å². The molecule has 150 valence electrons. The summed E-state index contributed by atoms with van der Waals surface area (Å²) >= 11 is 6.06. The number of likely N-dealkylation sites (tertiary alicyclic amines) is 2. The molecule has 11 heteroatoms. The summed E-state index contributed by atoms with van der Waals surface area (Å²) in [6.45, 7) is 3.42. The first kappa shape index (κ1) is 20.1. The maximum absolute atomic E-state index is 12.7. The van der Waals surface area contributed by atoms with Gasteiger partial charge in [-0.1, -0.05) is 11.6 Å². The van der Waals surface area contributed by atoms with E-state index in [-0.39, 0.29) is 34.1 Å². The Kier molecular flexibility index (Phi) is 5.78. The lowest BCUT2D eigenvalue weighted by molar-refractivity contribution is -0.142. The summed E-state index contributed by atoms with van der Waals surface area (Å²) < 4.78 is 29.2. The first-order valence-electron chi connectivity index (χ1n) is 8.98. The molecule has 0 bridgehead atoms. The van der Waals surface area contributed by atoms with Crippen LogP contribution in [0.15, 0.2) is 4.90 Å². The number of nitrogens with zero attached hydrogens (tertiary/aromatic N) is 4. The fourth-order valence-electron chi connectivity index (χ4n) is 3.60. The first-order chi connectivity index (χ1) is 12.7. The van der Waals surface area contributed by atoms with Gasteiger partial charge in [0.1, 0.15) is 16.1 Å². The van der Waals surface area contributed by atoms with Gasteiger partial charge in [-0.3, -0.25) is 14.3 Å². The van der Waals surface area contributed by atoms with Crippen molar-refractivity contribution < 1.29 is 18.0 Å². The SMILES string of the molecule is Cc1nn(C)c(Cl)c1S(=O)(=O)NC1CCCN(CC(=O)N2CCCC2)C1=O. The van der Waals surface area contributed by atoms with Gasteiger partial charge in [-0.15, -0.1) is 0 Å². The molecule has 2 amide bonds. The molecule has 2 fully saturated rings. The molecule has 2 saturated heterocycles. The van der Waals surface area contributed by atoms with Crippen molar-refractivity contribution in [3.63, 3.8) is 0 Å². The zero-order valence-electron chi connectivity index (χ0n) is 15.4. The molecule has 1 aromatic rings. The van der Waals surface area contributed by atoms with Crippen LogP contribution in [0.3, 0.4) is 0 Å². The number of hydrogen-bond acceptors (Lipinski definition) is 5. The standard InChI is InChI=1S/C16H24ClN5O4S/c1-11-14(15(17)20(2)18-11)27(25,26)19-12-6-5-9-22(16(12)24)10-13(23)21-7-3-4-8-21/h12,19H,3-10H2,1-2H3. The quantitative estimate of drug-likeness (QED) is 0.740. The third kappa shape index (κ3) is 4.12. The summed E-state index contributed by atoms with van der Waals surface area (Å²) in [5.74, 6) is -0.467. The first-order valence-corrected chi connectivity index (χ1v) is 10.8. The van der Waals surface area contributed by atoms with Crippen LogP contribution >= 0.6 is 11.6 Å². The van der Waals surface area contributed by atoms with E-state index in [0.29, 0.717) is 19.4 Å². The summed E-state index contributed by atoms with van der Waals surface area (Å²) in [6.07, 6.45) is 2.95. The molecule has 1 unspecified atom stereocenters. The molecule has 0 spiro atoms. The molecule has 9 nitrogen and oxygen atoms in total. The third-order valence-electron chi connectivity index (χ3n) is 4.98. The van der Waals surface area contributed by atoms with Crippen LogP contribution < -0.4 is 4.72 Å². The third-order valence-corrected chi connectivity index (χ3v) is 7.15. The van der Waals surface area contributed by atoms with Gasteiger partial charge in [0.25, 0.3) is 0 Å². The number of sulfonamides is 1. The molecular formula is C16H24ClN5O4S. The molecule has 3 heterocycles. The van der Waals surface area contributed by atoms with E-state index in [1.165, 1.54) is 9.58 Å². The Morgan fingerprint density at radius 2 is 1.93 bits per heavy atom. The maximum Gasteiger partial charge on any atom is 0.246 e. The van der Waals surface area contributed by atoms with Crippen molar-refractivity contribution in [2.24, 2.45) is 7.05 Å². The smallest absolute Gasteiger partial charge is 0.246 e. The lowest BCUT2D eigenvalue weighted by Crippen LogP contribution is -2.54. The molecule has 3 rings (SSSR count). The van der Waals surface area contributed by atoms with Crippen LogP contribution in [-0.4, -0.2) is 72.0 Å². The van der Waals surface area contributed by atoms with Crippen molar-refractivity contribution >= 4 is 33.4 Å². The van der Waals surface area contributed by atoms with Crippen molar-refractivity contribution in [2.75, 3.05) is 26.2 Å². The minimum Gasteiger partial charge on any atom is -0.341 e. The molecule has 1 aromatic heterocycles. The number of carbonyl (C=O) groups excluding carboxylic acids is 2. The Morgan fingerprint density at radius 3 is 2.52 bits per heavy atom. The highest BCUT2D eigenvalue weighted by molar-refractivity contribution is 7.89. The number of amides is 2. The number of halogens is 1. The largest absolute Gasteiger partial charge is 0.341 e. The van der Waals surface area contributed by atoms with Gasteiger partial charge < -0.3 is 9.80 Å². The molecule has 1 N–H and O–H groups in total. The van der Waals surface area contributed by atoms with E-state index in [4.69, 9.17) is 11.6 Å². The van der Waals surface area contributed by atoms with Crippen LogP contribution in [0.1, 0.15) is 31.4 Å². The van der Waals surface area contributed by atoms with Crippen LogP contribution in [0.4, 0.5) is 0 Å². The second-order valence-corrected chi connectivity index (χ2v) is 9.00. The molecule has 1 atom stereocenters. The minimum atomic E-state index is -4.01. The second kappa shape index (κ2) is 7.76. The molecule has 0 aromatic carbocycles. The number of aromatic nitrogens is 2. The van der Waals surface area contributed by atoms with E-state index in [2.05, 4.69) is 9.82 Å². The van der Waals surface area contributed by atoms with Crippen molar-refractivity contribution in [1.82, 2.24) is 24.3 Å². The number of aryl methyl sites for hydroxylation is 2. The van der Waals surface area contributed by atoms with Gasteiger partial charge in [0.2, 0.25) is 21.8 Å². The summed E-state index contributed by atoms with van der Waals surface area (Å²) in [5, 5.41) is 4.00. The maximum atomic E-state index is 12.7. The lowest BCUT2D eigenvalue weighted by atomic mass is 10.1. The Hall–Kier alpha value is -1.65. The molecule has 0 aliphatic carbocycles. The van der Waals surface area contributed by atoms with Gasteiger partial charge in [-0.2, -0.15) is 9.82 Å². The summed E-state index contributed by atoms with van der Waals surface area (Å²) in [6, 6.07) is -0.911. The summed E-state index contributed by atoms with van der Waals surface area (Å²) in [7, 11) is -2.46. The Balaban J connectivity index is 1.71. The predicted molar refractivity (Wildman–Crippen MR) is 98.7 cm³/mol. The van der Waals surface area contributed by atoms with E-state index >= 15 is 0 Å². The number of rotatable bonds is 5. The average molecular weight is 418 g/mol. The van der Waals surface area contributed by atoms with E-state index in [1.54, 1.807) is 18.9 Å². The van der Waals surface area contributed by atoms with Crippen LogP contribution in [0.25, 0.3) is 0 Å². The highest BCUT2D eigenvalue weighted by atomic mass is 35.5. The van der Waals surface area contributed by atoms with Crippen LogP contribution in [0.2, 0.25) is 5.15 Å². The van der Waals surface area contributed by atoms with Crippen LogP contribution in [0, 0.1) is 6.92 Å². The van der Waals surface area contributed by atoms with E-state index in [1.807, 2.05) is 0 Å². The van der Waals surface area contributed by atoms with Crippen molar-refractivity contribution in [2.45, 2.75) is 43.5 Å². The average Bonchev–Trinajstić information content (AvgIpc) is 3.20.